The molecular weight excluding hydrogens is 417 g/mol. The molecule has 11 heteroatoms. The fraction of sp³-hybridized carbons (Fsp3) is 0.158. The van der Waals surface area contributed by atoms with Crippen LogP contribution in [0.15, 0.2) is 40.9 Å². The number of hydrogen-bond donors (Lipinski definition) is 3. The largest absolute Gasteiger partial charge is 0.393 e. The number of rotatable bonds is 7. The number of aromatic nitrogens is 1. The van der Waals surface area contributed by atoms with Gasteiger partial charge in [-0.05, 0) is 37.3 Å². The highest BCUT2D eigenvalue weighted by Crippen LogP contribution is 2.32. The van der Waals surface area contributed by atoms with E-state index in [1.807, 2.05) is 0 Å². The smallest absolute Gasteiger partial charge is 0.293 e. The van der Waals surface area contributed by atoms with Gasteiger partial charge in [0.1, 0.15) is 28.5 Å². The second-order valence-corrected chi connectivity index (χ2v) is 6.71. The van der Waals surface area contributed by atoms with Crippen molar-refractivity contribution < 1.29 is 18.6 Å². The van der Waals surface area contributed by atoms with Gasteiger partial charge in [0, 0.05) is 24.7 Å². The summed E-state index contributed by atoms with van der Waals surface area (Å²) in [7, 11) is 0. The monoisotopic (exact) mass is 433 g/mol. The SMILES string of the molecule is Cc1onc(-c2ccc(F)cc2)c1C(=O)NCCNc1cc(N)c([N+](=O)[O-])cc1Cl. The second-order valence-electron chi connectivity index (χ2n) is 6.30. The maximum absolute atomic E-state index is 13.1. The molecule has 1 heterocycles. The molecule has 1 amide bonds. The van der Waals surface area contributed by atoms with Gasteiger partial charge in [-0.2, -0.15) is 0 Å². The number of hydrogen-bond acceptors (Lipinski definition) is 7. The van der Waals surface area contributed by atoms with Crippen molar-refractivity contribution in [2.24, 2.45) is 0 Å². The molecule has 0 atom stereocenters. The highest BCUT2D eigenvalue weighted by atomic mass is 35.5. The van der Waals surface area contributed by atoms with Crippen molar-refractivity contribution in [2.45, 2.75) is 6.92 Å². The van der Waals surface area contributed by atoms with Crippen LogP contribution in [-0.4, -0.2) is 29.1 Å². The molecule has 0 fully saturated rings. The van der Waals surface area contributed by atoms with Crippen molar-refractivity contribution in [3.8, 4) is 11.3 Å². The van der Waals surface area contributed by atoms with E-state index in [-0.39, 0.29) is 35.1 Å². The number of halogens is 2. The van der Waals surface area contributed by atoms with Crippen LogP contribution in [0.25, 0.3) is 11.3 Å². The molecule has 0 saturated heterocycles. The molecule has 1 aromatic heterocycles. The Bertz CT molecular complexity index is 1100. The van der Waals surface area contributed by atoms with Crippen LogP contribution in [0, 0.1) is 22.9 Å². The van der Waals surface area contributed by atoms with Gasteiger partial charge in [0.15, 0.2) is 0 Å². The number of anilines is 2. The number of nitro benzene ring substituents is 1. The van der Waals surface area contributed by atoms with E-state index < -0.39 is 16.6 Å². The highest BCUT2D eigenvalue weighted by molar-refractivity contribution is 6.33. The maximum Gasteiger partial charge on any atom is 0.293 e. The molecule has 3 aromatic rings. The molecule has 4 N–H and O–H groups in total. The van der Waals surface area contributed by atoms with Gasteiger partial charge in [0.05, 0.1) is 15.6 Å². The number of nitro groups is 1. The molecular formula is C19H17ClFN5O4. The quantitative estimate of drug-likeness (QED) is 0.223. The number of carbonyl (C=O) groups is 1. The third-order valence-corrected chi connectivity index (χ3v) is 4.56. The van der Waals surface area contributed by atoms with E-state index in [1.54, 1.807) is 6.92 Å². The molecule has 9 nitrogen and oxygen atoms in total. The maximum atomic E-state index is 13.1. The lowest BCUT2D eigenvalue weighted by atomic mass is 10.1. The number of nitrogens with one attached hydrogen (secondary N) is 2. The zero-order valence-corrected chi connectivity index (χ0v) is 16.5. The van der Waals surface area contributed by atoms with Crippen LogP contribution in [0.3, 0.4) is 0 Å². The molecule has 0 unspecified atom stereocenters. The first-order valence-corrected chi connectivity index (χ1v) is 9.13. The first-order valence-electron chi connectivity index (χ1n) is 8.75. The van der Waals surface area contributed by atoms with Crippen LogP contribution in [0.5, 0.6) is 0 Å². The molecule has 0 spiro atoms. The van der Waals surface area contributed by atoms with Gasteiger partial charge < -0.3 is 20.9 Å². The van der Waals surface area contributed by atoms with E-state index in [0.29, 0.717) is 22.7 Å². The Hall–Kier alpha value is -3.66. The van der Waals surface area contributed by atoms with Gasteiger partial charge in [-0.3, -0.25) is 14.9 Å². The molecule has 0 aliphatic heterocycles. The summed E-state index contributed by atoms with van der Waals surface area (Å²) in [6, 6.07) is 8.07. The zero-order chi connectivity index (χ0) is 21.8. The minimum atomic E-state index is -0.620. The van der Waals surface area contributed by atoms with Crippen LogP contribution in [0.1, 0.15) is 16.1 Å². The predicted octanol–water partition coefficient (Wildman–Crippen LogP) is 3.77. The first kappa shape index (κ1) is 21.1. The van der Waals surface area contributed by atoms with Crippen molar-refractivity contribution in [1.82, 2.24) is 10.5 Å². The van der Waals surface area contributed by atoms with Crippen LogP contribution < -0.4 is 16.4 Å². The fourth-order valence-corrected chi connectivity index (χ4v) is 3.00. The van der Waals surface area contributed by atoms with E-state index in [2.05, 4.69) is 15.8 Å². The summed E-state index contributed by atoms with van der Waals surface area (Å²) in [4.78, 5) is 22.9. The Morgan fingerprint density at radius 1 is 1.30 bits per heavy atom. The number of nitrogens with zero attached hydrogens (tertiary/aromatic N) is 2. The van der Waals surface area contributed by atoms with Gasteiger partial charge in [-0.15, -0.1) is 0 Å². The third-order valence-electron chi connectivity index (χ3n) is 4.25. The standard InChI is InChI=1S/C19H17ClFN5O4/c1-10-17(18(25-30-10)11-2-4-12(21)5-3-11)19(27)24-7-6-23-15-9-14(22)16(26(28)29)8-13(15)20/h2-5,8-9,23H,6-7,22H2,1H3,(H,24,27). The van der Waals surface area contributed by atoms with E-state index in [1.165, 1.54) is 30.3 Å². The summed E-state index contributed by atoms with van der Waals surface area (Å²) >= 11 is 6.03. The normalized spacial score (nSPS) is 10.6. The van der Waals surface area contributed by atoms with Crippen LogP contribution >= 0.6 is 11.6 Å². The van der Waals surface area contributed by atoms with E-state index >= 15 is 0 Å². The minimum absolute atomic E-state index is 0.0278. The summed E-state index contributed by atoms with van der Waals surface area (Å²) in [6.07, 6.45) is 0. The number of nitrogen functional groups attached to an aromatic ring is 1. The van der Waals surface area contributed by atoms with Gasteiger partial charge in [0.2, 0.25) is 0 Å². The van der Waals surface area contributed by atoms with Crippen molar-refractivity contribution in [3.05, 3.63) is 68.7 Å². The molecule has 0 radical (unpaired) electrons. The molecule has 2 aromatic carbocycles. The molecule has 0 aliphatic rings. The zero-order valence-electron chi connectivity index (χ0n) is 15.7. The molecule has 0 bridgehead atoms. The fourth-order valence-electron chi connectivity index (χ4n) is 2.78. The second kappa shape index (κ2) is 8.78. The molecule has 0 aliphatic carbocycles. The Labute approximate surface area is 175 Å². The Morgan fingerprint density at radius 3 is 2.67 bits per heavy atom. The summed E-state index contributed by atoms with van der Waals surface area (Å²) in [5.41, 5.74) is 6.85. The van der Waals surface area contributed by atoms with Crippen molar-refractivity contribution in [2.75, 3.05) is 24.1 Å². The summed E-state index contributed by atoms with van der Waals surface area (Å²) in [6.45, 7) is 2.09. The summed E-state index contributed by atoms with van der Waals surface area (Å²) in [5.74, 6) is -0.489. The topological polar surface area (TPSA) is 136 Å². The lowest BCUT2D eigenvalue weighted by Gasteiger charge is -2.10. The number of carbonyl (C=O) groups excluding carboxylic acids is 1. The molecule has 3 rings (SSSR count). The first-order chi connectivity index (χ1) is 14.3. The predicted molar refractivity (Wildman–Crippen MR) is 110 cm³/mol. The lowest BCUT2D eigenvalue weighted by molar-refractivity contribution is -0.383. The summed E-state index contributed by atoms with van der Waals surface area (Å²) in [5, 5.41) is 20.6. The van der Waals surface area contributed by atoms with E-state index in [9.17, 15) is 19.3 Å². The molecule has 0 saturated carbocycles. The van der Waals surface area contributed by atoms with Gasteiger partial charge in [0.25, 0.3) is 11.6 Å². The summed E-state index contributed by atoms with van der Waals surface area (Å²) < 4.78 is 18.3. The Balaban J connectivity index is 1.64. The Kier molecular flexibility index (Phi) is 6.17. The number of nitrogens with two attached hydrogens (primary N) is 1. The van der Waals surface area contributed by atoms with Crippen molar-refractivity contribution >= 4 is 34.6 Å². The van der Waals surface area contributed by atoms with Crippen LogP contribution in [-0.2, 0) is 0 Å². The molecule has 30 heavy (non-hydrogen) atoms. The van der Waals surface area contributed by atoms with E-state index in [0.717, 1.165) is 6.07 Å². The van der Waals surface area contributed by atoms with Gasteiger partial charge in [-0.1, -0.05) is 16.8 Å². The van der Waals surface area contributed by atoms with Crippen molar-refractivity contribution in [1.29, 1.82) is 0 Å². The average Bonchev–Trinajstić information content (AvgIpc) is 3.09. The number of aryl methyl sites for hydroxylation is 1. The third kappa shape index (κ3) is 4.49. The number of benzene rings is 2. The highest BCUT2D eigenvalue weighted by Gasteiger charge is 2.21. The van der Waals surface area contributed by atoms with Gasteiger partial charge in [-0.25, -0.2) is 4.39 Å². The van der Waals surface area contributed by atoms with Crippen LogP contribution in [0.2, 0.25) is 5.02 Å². The van der Waals surface area contributed by atoms with Crippen LogP contribution in [0.4, 0.5) is 21.5 Å². The molecule has 156 valence electrons. The lowest BCUT2D eigenvalue weighted by Crippen LogP contribution is -2.29. The van der Waals surface area contributed by atoms with Gasteiger partial charge >= 0.3 is 0 Å². The number of amides is 1. The average molecular weight is 434 g/mol. The van der Waals surface area contributed by atoms with E-state index in [4.69, 9.17) is 21.9 Å². The Morgan fingerprint density at radius 2 is 2.00 bits per heavy atom. The van der Waals surface area contributed by atoms with Crippen molar-refractivity contribution in [3.63, 3.8) is 0 Å². The minimum Gasteiger partial charge on any atom is -0.393 e.